The van der Waals surface area contributed by atoms with Crippen molar-refractivity contribution in [3.8, 4) is 0 Å². The van der Waals surface area contributed by atoms with Crippen molar-refractivity contribution in [2.45, 2.75) is 32.7 Å². The summed E-state index contributed by atoms with van der Waals surface area (Å²) in [7, 11) is 1.82. The predicted octanol–water partition coefficient (Wildman–Crippen LogP) is 2.58. The number of rotatable bonds is 5. The van der Waals surface area contributed by atoms with Crippen LogP contribution in [0.5, 0.6) is 0 Å². The topological polar surface area (TPSA) is 62.3 Å². The molecule has 26 heavy (non-hydrogen) atoms. The molecule has 0 bridgehead atoms. The maximum Gasteiger partial charge on any atom is 0.224 e. The van der Waals surface area contributed by atoms with E-state index in [2.05, 4.69) is 22.4 Å². The molecular formula is C21H25N3O2. The molecule has 2 heterocycles. The van der Waals surface area contributed by atoms with E-state index in [0.29, 0.717) is 19.4 Å². The molecule has 1 saturated heterocycles. The number of carbonyl (C=O) groups is 2. The van der Waals surface area contributed by atoms with Gasteiger partial charge in [-0.1, -0.05) is 29.8 Å². The molecule has 2 atom stereocenters. The molecular weight excluding hydrogens is 326 g/mol. The van der Waals surface area contributed by atoms with Crippen molar-refractivity contribution in [1.82, 2.24) is 15.2 Å². The molecule has 0 unspecified atom stereocenters. The summed E-state index contributed by atoms with van der Waals surface area (Å²) in [6, 6.07) is 9.97. The number of hydrogen-bond donors (Lipinski definition) is 1. The molecule has 1 aliphatic heterocycles. The minimum absolute atomic E-state index is 0.00867. The molecule has 0 aliphatic carbocycles. The zero-order chi connectivity index (χ0) is 18.7. The van der Waals surface area contributed by atoms with Crippen LogP contribution in [0.1, 0.15) is 34.7 Å². The van der Waals surface area contributed by atoms with E-state index < -0.39 is 0 Å². The summed E-state index contributed by atoms with van der Waals surface area (Å²) in [4.78, 5) is 30.5. The number of likely N-dealkylation sites (tertiary alicyclic amines) is 1. The fraction of sp³-hybridized carbons (Fsp3) is 0.381. The summed E-state index contributed by atoms with van der Waals surface area (Å²) in [5.74, 6) is 0.150. The van der Waals surface area contributed by atoms with Gasteiger partial charge in [0.15, 0.2) is 0 Å². The molecule has 1 aliphatic rings. The van der Waals surface area contributed by atoms with Crippen LogP contribution in [0.25, 0.3) is 0 Å². The molecule has 3 rings (SSSR count). The first-order valence-corrected chi connectivity index (χ1v) is 8.94. The molecule has 0 spiro atoms. The van der Waals surface area contributed by atoms with Gasteiger partial charge < -0.3 is 10.2 Å². The third-order valence-electron chi connectivity index (χ3n) is 5.14. The maximum atomic E-state index is 12.4. The molecule has 1 N–H and O–H groups in total. The number of nitrogens with one attached hydrogen (secondary N) is 1. The molecule has 0 saturated carbocycles. The molecule has 5 nitrogen and oxygen atoms in total. The van der Waals surface area contributed by atoms with Crippen LogP contribution in [0.15, 0.2) is 42.7 Å². The highest BCUT2D eigenvalue weighted by molar-refractivity contribution is 5.81. The Morgan fingerprint density at radius 3 is 2.85 bits per heavy atom. The third kappa shape index (κ3) is 3.93. The van der Waals surface area contributed by atoms with Crippen LogP contribution in [0.2, 0.25) is 0 Å². The molecule has 1 aromatic heterocycles. The first-order valence-electron chi connectivity index (χ1n) is 8.94. The lowest BCUT2D eigenvalue weighted by molar-refractivity contribution is -0.127. The van der Waals surface area contributed by atoms with Crippen molar-refractivity contribution >= 4 is 11.8 Å². The summed E-state index contributed by atoms with van der Waals surface area (Å²) in [5, 5.41) is 3.02. The van der Waals surface area contributed by atoms with Crippen molar-refractivity contribution in [2.75, 3.05) is 13.6 Å². The van der Waals surface area contributed by atoms with E-state index in [-0.39, 0.29) is 23.8 Å². The van der Waals surface area contributed by atoms with Gasteiger partial charge in [-0.2, -0.15) is 0 Å². The van der Waals surface area contributed by atoms with Crippen LogP contribution in [-0.2, 0) is 16.0 Å². The van der Waals surface area contributed by atoms with Gasteiger partial charge in [0.25, 0.3) is 0 Å². The smallest absolute Gasteiger partial charge is 0.224 e. The Bertz CT molecular complexity index is 804. The van der Waals surface area contributed by atoms with Crippen molar-refractivity contribution in [3.63, 3.8) is 0 Å². The van der Waals surface area contributed by atoms with Crippen molar-refractivity contribution in [1.29, 1.82) is 0 Å². The molecule has 1 aromatic carbocycles. The van der Waals surface area contributed by atoms with Gasteiger partial charge in [0.2, 0.25) is 11.8 Å². The van der Waals surface area contributed by atoms with Gasteiger partial charge in [-0.15, -0.1) is 0 Å². The van der Waals surface area contributed by atoms with Gasteiger partial charge in [0, 0.05) is 38.3 Å². The third-order valence-corrected chi connectivity index (χ3v) is 5.14. The number of carbonyl (C=O) groups excluding carboxylic acids is 2. The number of aryl methyl sites for hydroxylation is 2. The summed E-state index contributed by atoms with van der Waals surface area (Å²) in [6.07, 6.45) is 4.33. The van der Waals surface area contributed by atoms with E-state index in [0.717, 1.165) is 22.3 Å². The van der Waals surface area contributed by atoms with Crippen LogP contribution >= 0.6 is 0 Å². The maximum absolute atomic E-state index is 12.4. The van der Waals surface area contributed by atoms with Gasteiger partial charge >= 0.3 is 0 Å². The van der Waals surface area contributed by atoms with Crippen LogP contribution in [0.4, 0.5) is 0 Å². The standard InChI is InChI=1S/C21H25N3O2/c1-14-6-7-15(2)17(9-14)10-19(25)23-13-18-11-20(26)24(3)21(18)16-5-4-8-22-12-16/h4-9,12,18,21H,10-11,13H2,1-3H3,(H,23,25)/t18-,21-/m0/s1. The minimum atomic E-state index is -0.0443. The quantitative estimate of drug-likeness (QED) is 0.901. The highest BCUT2D eigenvalue weighted by Gasteiger charge is 2.38. The lowest BCUT2D eigenvalue weighted by Gasteiger charge is -2.25. The van der Waals surface area contributed by atoms with Crippen LogP contribution < -0.4 is 5.32 Å². The first-order chi connectivity index (χ1) is 12.5. The van der Waals surface area contributed by atoms with E-state index in [1.54, 1.807) is 17.3 Å². The normalized spacial score (nSPS) is 19.7. The molecule has 136 valence electrons. The van der Waals surface area contributed by atoms with Crippen LogP contribution in [-0.4, -0.2) is 35.3 Å². The second-order valence-electron chi connectivity index (χ2n) is 7.11. The Hall–Kier alpha value is -2.69. The second kappa shape index (κ2) is 7.68. The Morgan fingerprint density at radius 2 is 2.12 bits per heavy atom. The van der Waals surface area contributed by atoms with Crippen molar-refractivity contribution in [2.24, 2.45) is 5.92 Å². The fourth-order valence-electron chi connectivity index (χ4n) is 3.65. The van der Waals surface area contributed by atoms with Crippen molar-refractivity contribution in [3.05, 3.63) is 65.0 Å². The summed E-state index contributed by atoms with van der Waals surface area (Å²) < 4.78 is 0. The Labute approximate surface area is 154 Å². The largest absolute Gasteiger partial charge is 0.355 e. The molecule has 1 fully saturated rings. The molecule has 5 heteroatoms. The van der Waals surface area contributed by atoms with Gasteiger partial charge in [0.05, 0.1) is 12.5 Å². The first kappa shape index (κ1) is 18.1. The highest BCUT2D eigenvalue weighted by atomic mass is 16.2. The number of aromatic nitrogens is 1. The average molecular weight is 351 g/mol. The van der Waals surface area contributed by atoms with Gasteiger partial charge in [-0.25, -0.2) is 0 Å². The van der Waals surface area contributed by atoms with Gasteiger partial charge in [-0.3, -0.25) is 14.6 Å². The van der Waals surface area contributed by atoms with E-state index in [1.807, 2.05) is 39.1 Å². The lowest BCUT2D eigenvalue weighted by atomic mass is 9.94. The lowest BCUT2D eigenvalue weighted by Crippen LogP contribution is -2.33. The van der Waals surface area contributed by atoms with E-state index in [4.69, 9.17) is 0 Å². The van der Waals surface area contributed by atoms with Crippen LogP contribution in [0, 0.1) is 19.8 Å². The van der Waals surface area contributed by atoms with E-state index >= 15 is 0 Å². The second-order valence-corrected chi connectivity index (χ2v) is 7.11. The van der Waals surface area contributed by atoms with Crippen LogP contribution in [0.3, 0.4) is 0 Å². The number of hydrogen-bond acceptors (Lipinski definition) is 3. The minimum Gasteiger partial charge on any atom is -0.355 e. The average Bonchev–Trinajstić information content (AvgIpc) is 2.91. The molecule has 0 radical (unpaired) electrons. The molecule has 2 aromatic rings. The predicted molar refractivity (Wildman–Crippen MR) is 100 cm³/mol. The summed E-state index contributed by atoms with van der Waals surface area (Å²) in [6.45, 7) is 4.53. The Morgan fingerprint density at radius 1 is 1.31 bits per heavy atom. The number of nitrogens with zero attached hydrogens (tertiary/aromatic N) is 2. The van der Waals surface area contributed by atoms with E-state index in [9.17, 15) is 9.59 Å². The highest BCUT2D eigenvalue weighted by Crippen LogP contribution is 2.36. The Balaban J connectivity index is 1.65. The monoisotopic (exact) mass is 351 g/mol. The van der Waals surface area contributed by atoms with E-state index in [1.165, 1.54) is 0 Å². The van der Waals surface area contributed by atoms with Gasteiger partial charge in [0.1, 0.15) is 0 Å². The zero-order valence-electron chi connectivity index (χ0n) is 15.5. The summed E-state index contributed by atoms with van der Waals surface area (Å²) in [5.41, 5.74) is 4.33. The fourth-order valence-corrected chi connectivity index (χ4v) is 3.65. The zero-order valence-corrected chi connectivity index (χ0v) is 15.5. The number of benzene rings is 1. The molecule has 2 amide bonds. The summed E-state index contributed by atoms with van der Waals surface area (Å²) >= 11 is 0. The SMILES string of the molecule is Cc1ccc(C)c(CC(=O)NC[C@@H]2CC(=O)N(C)[C@H]2c2cccnc2)c1. The Kier molecular flexibility index (Phi) is 5.35. The number of pyridine rings is 1. The van der Waals surface area contributed by atoms with Gasteiger partial charge in [-0.05, 0) is 36.6 Å². The van der Waals surface area contributed by atoms with Crippen molar-refractivity contribution < 1.29 is 9.59 Å². The number of amides is 2.